The average Bonchev–Trinajstić information content (AvgIpc) is 2.29. The summed E-state index contributed by atoms with van der Waals surface area (Å²) in [5.74, 6) is -2.42. The van der Waals surface area contributed by atoms with Crippen molar-refractivity contribution >= 4 is 21.7 Å². The lowest BCUT2D eigenvalue weighted by Crippen LogP contribution is -2.22. The molecule has 0 spiro atoms. The van der Waals surface area contributed by atoms with Crippen LogP contribution in [0.25, 0.3) is 0 Å². The zero-order valence-electron chi connectivity index (χ0n) is 10.3. The smallest absolute Gasteiger partial charge is 0.308 e. The highest BCUT2D eigenvalue weighted by molar-refractivity contribution is 7.89. The molecule has 0 aliphatic rings. The lowest BCUT2D eigenvalue weighted by Gasteiger charge is -2.13. The average molecular weight is 290 g/mol. The summed E-state index contributed by atoms with van der Waals surface area (Å²) in [4.78, 5) is 10.5. The number of nitrogens with one attached hydrogen (secondary N) is 1. The molecular formula is C11H15FN2O4S. The predicted molar refractivity (Wildman–Crippen MR) is 67.7 cm³/mol. The lowest BCUT2D eigenvalue weighted by molar-refractivity contribution is -0.141. The molecule has 0 aromatic heterocycles. The Kier molecular flexibility index (Phi) is 4.84. The van der Waals surface area contributed by atoms with Gasteiger partial charge in [-0.15, -0.1) is 0 Å². The van der Waals surface area contributed by atoms with Crippen LogP contribution in [0.15, 0.2) is 23.1 Å². The topological polar surface area (TPSA) is 109 Å². The van der Waals surface area contributed by atoms with Crippen LogP contribution >= 0.6 is 0 Å². The number of benzene rings is 1. The van der Waals surface area contributed by atoms with Gasteiger partial charge in [-0.05, 0) is 24.6 Å². The molecule has 4 N–H and O–H groups in total. The quantitative estimate of drug-likeness (QED) is 0.724. The summed E-state index contributed by atoms with van der Waals surface area (Å²) in [5.41, 5.74) is 0.0344. The van der Waals surface area contributed by atoms with Gasteiger partial charge in [-0.25, -0.2) is 17.9 Å². The SMILES string of the molecule is CCC(CNc1ccc(S(N)(=O)=O)cc1F)C(=O)O. The van der Waals surface area contributed by atoms with Gasteiger partial charge in [-0.2, -0.15) is 0 Å². The first-order valence-electron chi connectivity index (χ1n) is 5.54. The molecule has 8 heteroatoms. The van der Waals surface area contributed by atoms with Gasteiger partial charge in [0.2, 0.25) is 10.0 Å². The Labute approximate surface area is 110 Å². The van der Waals surface area contributed by atoms with Crippen LogP contribution in [0.5, 0.6) is 0 Å². The highest BCUT2D eigenvalue weighted by Gasteiger charge is 2.16. The van der Waals surface area contributed by atoms with E-state index in [0.717, 1.165) is 12.1 Å². The van der Waals surface area contributed by atoms with Crippen molar-refractivity contribution in [3.63, 3.8) is 0 Å². The highest BCUT2D eigenvalue weighted by Crippen LogP contribution is 2.18. The van der Waals surface area contributed by atoms with Crippen molar-refractivity contribution in [3.8, 4) is 0 Å². The summed E-state index contributed by atoms with van der Waals surface area (Å²) in [6.07, 6.45) is 0.402. The molecule has 19 heavy (non-hydrogen) atoms. The fourth-order valence-corrected chi connectivity index (χ4v) is 1.98. The van der Waals surface area contributed by atoms with E-state index >= 15 is 0 Å². The van der Waals surface area contributed by atoms with Crippen LogP contribution in [0.1, 0.15) is 13.3 Å². The minimum atomic E-state index is -3.95. The largest absolute Gasteiger partial charge is 0.481 e. The zero-order valence-corrected chi connectivity index (χ0v) is 11.1. The molecule has 0 heterocycles. The molecule has 0 saturated heterocycles. The van der Waals surface area contributed by atoms with Gasteiger partial charge in [0.15, 0.2) is 0 Å². The summed E-state index contributed by atoms with van der Waals surface area (Å²) >= 11 is 0. The van der Waals surface area contributed by atoms with Gasteiger partial charge < -0.3 is 10.4 Å². The molecule has 6 nitrogen and oxygen atoms in total. The summed E-state index contributed by atoms with van der Waals surface area (Å²) in [7, 11) is -3.95. The summed E-state index contributed by atoms with van der Waals surface area (Å²) < 4.78 is 35.6. The van der Waals surface area contributed by atoms with Crippen LogP contribution < -0.4 is 10.5 Å². The van der Waals surface area contributed by atoms with Crippen molar-refractivity contribution in [1.29, 1.82) is 0 Å². The minimum Gasteiger partial charge on any atom is -0.481 e. The van der Waals surface area contributed by atoms with E-state index in [4.69, 9.17) is 10.2 Å². The van der Waals surface area contributed by atoms with E-state index in [1.54, 1.807) is 6.92 Å². The normalized spacial score (nSPS) is 13.0. The van der Waals surface area contributed by atoms with Crippen LogP contribution in [0.3, 0.4) is 0 Å². The number of carboxylic acid groups (broad SMARTS) is 1. The van der Waals surface area contributed by atoms with Gasteiger partial charge >= 0.3 is 5.97 Å². The molecule has 0 bridgehead atoms. The molecule has 1 aromatic rings. The Bertz CT molecular complexity index is 574. The Balaban J connectivity index is 2.84. The van der Waals surface area contributed by atoms with Crippen LogP contribution in [0.2, 0.25) is 0 Å². The van der Waals surface area contributed by atoms with Gasteiger partial charge in [0.05, 0.1) is 16.5 Å². The molecular weight excluding hydrogens is 275 g/mol. The summed E-state index contributed by atoms with van der Waals surface area (Å²) in [6, 6.07) is 3.16. The van der Waals surface area contributed by atoms with Gasteiger partial charge in [-0.3, -0.25) is 4.79 Å². The number of hydrogen-bond donors (Lipinski definition) is 3. The van der Waals surface area contributed by atoms with Gasteiger partial charge in [-0.1, -0.05) is 6.92 Å². The predicted octanol–water partition coefficient (Wildman–Crippen LogP) is 0.996. The molecule has 0 saturated carbocycles. The van der Waals surface area contributed by atoms with E-state index in [2.05, 4.69) is 5.32 Å². The van der Waals surface area contributed by atoms with E-state index in [1.165, 1.54) is 6.07 Å². The first-order valence-corrected chi connectivity index (χ1v) is 7.09. The first kappa shape index (κ1) is 15.4. The fraction of sp³-hybridized carbons (Fsp3) is 0.364. The van der Waals surface area contributed by atoms with Crippen molar-refractivity contribution < 1.29 is 22.7 Å². The van der Waals surface area contributed by atoms with Crippen LogP contribution in [-0.2, 0) is 14.8 Å². The van der Waals surface area contributed by atoms with Crippen molar-refractivity contribution in [2.24, 2.45) is 11.1 Å². The molecule has 0 radical (unpaired) electrons. The van der Waals surface area contributed by atoms with Gasteiger partial charge in [0, 0.05) is 6.54 Å². The molecule has 1 aromatic carbocycles. The maximum atomic E-state index is 13.6. The van der Waals surface area contributed by atoms with Crippen molar-refractivity contribution in [2.75, 3.05) is 11.9 Å². The molecule has 0 aliphatic carbocycles. The number of hydrogen-bond acceptors (Lipinski definition) is 4. The number of aliphatic carboxylic acids is 1. The molecule has 1 rings (SSSR count). The number of rotatable bonds is 6. The van der Waals surface area contributed by atoms with E-state index < -0.39 is 27.7 Å². The third-order valence-corrected chi connectivity index (χ3v) is 3.56. The van der Waals surface area contributed by atoms with Crippen molar-refractivity contribution in [3.05, 3.63) is 24.0 Å². The Hall–Kier alpha value is -1.67. The second kappa shape index (κ2) is 5.98. The van der Waals surface area contributed by atoms with E-state index in [9.17, 15) is 17.6 Å². The molecule has 1 atom stereocenters. The van der Waals surface area contributed by atoms with Crippen molar-refractivity contribution in [2.45, 2.75) is 18.2 Å². The Morgan fingerprint density at radius 1 is 1.53 bits per heavy atom. The van der Waals surface area contributed by atoms with Gasteiger partial charge in [0.1, 0.15) is 5.82 Å². The number of anilines is 1. The van der Waals surface area contributed by atoms with E-state index in [0.29, 0.717) is 6.42 Å². The monoisotopic (exact) mass is 290 g/mol. The molecule has 106 valence electrons. The molecule has 1 unspecified atom stereocenters. The second-order valence-electron chi connectivity index (χ2n) is 4.01. The Morgan fingerprint density at radius 2 is 2.16 bits per heavy atom. The number of sulfonamides is 1. The minimum absolute atomic E-state index is 0.0344. The standard InChI is InChI=1S/C11H15FN2O4S/c1-2-7(11(15)16)6-14-10-4-3-8(5-9(10)12)19(13,17)18/h3-5,7,14H,2,6H2,1H3,(H,15,16)(H2,13,17,18). The van der Waals surface area contributed by atoms with E-state index in [-0.39, 0.29) is 17.1 Å². The molecule has 0 fully saturated rings. The second-order valence-corrected chi connectivity index (χ2v) is 5.57. The van der Waals surface area contributed by atoms with Crippen molar-refractivity contribution in [1.82, 2.24) is 0 Å². The maximum absolute atomic E-state index is 13.6. The Morgan fingerprint density at radius 3 is 2.58 bits per heavy atom. The summed E-state index contributed by atoms with van der Waals surface area (Å²) in [5, 5.41) is 16.3. The highest BCUT2D eigenvalue weighted by atomic mass is 32.2. The third kappa shape index (κ3) is 4.18. The molecule has 0 aliphatic heterocycles. The lowest BCUT2D eigenvalue weighted by atomic mass is 10.1. The zero-order chi connectivity index (χ0) is 14.6. The fourth-order valence-electron chi connectivity index (χ4n) is 1.46. The third-order valence-electron chi connectivity index (χ3n) is 2.65. The van der Waals surface area contributed by atoms with Crippen LogP contribution in [0, 0.1) is 11.7 Å². The number of halogens is 1. The van der Waals surface area contributed by atoms with Gasteiger partial charge in [0.25, 0.3) is 0 Å². The maximum Gasteiger partial charge on any atom is 0.308 e. The number of carbonyl (C=O) groups is 1. The van der Waals surface area contributed by atoms with E-state index in [1.807, 2.05) is 0 Å². The number of primary sulfonamides is 1. The van der Waals surface area contributed by atoms with Crippen LogP contribution in [0.4, 0.5) is 10.1 Å². The molecule has 0 amide bonds. The summed E-state index contributed by atoms with van der Waals surface area (Å²) in [6.45, 7) is 1.76. The van der Waals surface area contributed by atoms with Crippen LogP contribution in [-0.4, -0.2) is 26.0 Å². The first-order chi connectivity index (χ1) is 8.75. The number of nitrogens with two attached hydrogens (primary N) is 1. The number of carboxylic acids is 1.